The molecule has 0 saturated heterocycles. The predicted octanol–water partition coefficient (Wildman–Crippen LogP) is 4.45. The van der Waals surface area contributed by atoms with Crippen molar-refractivity contribution in [1.29, 1.82) is 0 Å². The monoisotopic (exact) mass is 366 g/mol. The smallest absolute Gasteiger partial charge is 0.289 e. The summed E-state index contributed by atoms with van der Waals surface area (Å²) in [4.78, 5) is 17.5. The lowest BCUT2D eigenvalue weighted by atomic mass is 10.3. The van der Waals surface area contributed by atoms with Gasteiger partial charge in [-0.2, -0.15) is 4.99 Å². The maximum absolute atomic E-state index is 12.2. The Kier molecular flexibility index (Phi) is 4.37. The highest BCUT2D eigenvalue weighted by atomic mass is 35.5. The summed E-state index contributed by atoms with van der Waals surface area (Å²) in [5, 5.41) is 2.85. The van der Waals surface area contributed by atoms with Crippen LogP contribution in [0.4, 0.5) is 0 Å². The average molecular weight is 367 g/mol. The van der Waals surface area contributed by atoms with Crippen LogP contribution >= 0.6 is 45.9 Å². The van der Waals surface area contributed by atoms with Crippen molar-refractivity contribution in [2.24, 2.45) is 4.99 Å². The Hall–Kier alpha value is -1.58. The van der Waals surface area contributed by atoms with Crippen LogP contribution in [0.15, 0.2) is 34.6 Å². The maximum Gasteiger partial charge on any atom is 0.289 e. The molecule has 0 radical (unpaired) electrons. The van der Waals surface area contributed by atoms with Gasteiger partial charge in [-0.15, -0.1) is 17.8 Å². The van der Waals surface area contributed by atoms with Gasteiger partial charge in [-0.05, 0) is 23.6 Å². The van der Waals surface area contributed by atoms with E-state index in [9.17, 15) is 4.79 Å². The van der Waals surface area contributed by atoms with Crippen molar-refractivity contribution in [3.63, 3.8) is 0 Å². The van der Waals surface area contributed by atoms with Crippen molar-refractivity contribution in [2.45, 2.75) is 6.54 Å². The standard InChI is InChI=1S/C15H8Cl2N2OS2/c1-2-5-19-13-10(17)7-9(16)8-12(13)22-15(19)18-14(20)11-4-3-6-21-11/h1,3-4,6-8H,5H2. The summed E-state index contributed by atoms with van der Waals surface area (Å²) in [6, 6.07) is 6.98. The van der Waals surface area contributed by atoms with E-state index >= 15 is 0 Å². The molecule has 3 aromatic rings. The number of halogens is 2. The second-order valence-electron chi connectivity index (χ2n) is 4.30. The molecule has 0 bridgehead atoms. The quantitative estimate of drug-likeness (QED) is 0.617. The minimum atomic E-state index is -0.297. The number of nitrogens with zero attached hydrogens (tertiary/aromatic N) is 2. The van der Waals surface area contributed by atoms with Gasteiger partial charge in [0.1, 0.15) is 0 Å². The Morgan fingerprint density at radius 1 is 1.41 bits per heavy atom. The number of benzene rings is 1. The molecule has 0 aliphatic rings. The molecule has 3 rings (SSSR count). The lowest BCUT2D eigenvalue weighted by Gasteiger charge is -2.02. The zero-order chi connectivity index (χ0) is 15.7. The summed E-state index contributed by atoms with van der Waals surface area (Å²) in [6.07, 6.45) is 5.43. The van der Waals surface area contributed by atoms with E-state index in [1.807, 2.05) is 11.4 Å². The predicted molar refractivity (Wildman–Crippen MR) is 92.9 cm³/mol. The fourth-order valence-electron chi connectivity index (χ4n) is 1.99. The minimum absolute atomic E-state index is 0.276. The molecule has 1 amide bonds. The molecule has 7 heteroatoms. The highest BCUT2D eigenvalue weighted by Crippen LogP contribution is 2.29. The van der Waals surface area contributed by atoms with Gasteiger partial charge in [0.2, 0.25) is 0 Å². The molecular weight excluding hydrogens is 359 g/mol. The highest BCUT2D eigenvalue weighted by Gasteiger charge is 2.12. The minimum Gasteiger partial charge on any atom is -0.303 e. The number of thiazole rings is 1. The van der Waals surface area contributed by atoms with Crippen molar-refractivity contribution in [3.05, 3.63) is 49.4 Å². The first-order chi connectivity index (χ1) is 10.6. The SMILES string of the molecule is C#CCn1c(=NC(=O)c2cccs2)sc2cc(Cl)cc(Cl)c21. The van der Waals surface area contributed by atoms with Crippen molar-refractivity contribution >= 4 is 62.0 Å². The van der Waals surface area contributed by atoms with Gasteiger partial charge in [-0.25, -0.2) is 0 Å². The fraction of sp³-hybridized carbons (Fsp3) is 0.0667. The van der Waals surface area contributed by atoms with Crippen LogP contribution in [0.2, 0.25) is 10.0 Å². The number of hydrogen-bond acceptors (Lipinski definition) is 3. The molecule has 0 atom stereocenters. The third-order valence-corrected chi connectivity index (χ3v) is 5.26. The topological polar surface area (TPSA) is 34.4 Å². The molecule has 22 heavy (non-hydrogen) atoms. The summed E-state index contributed by atoms with van der Waals surface area (Å²) in [5.74, 6) is 2.27. The van der Waals surface area contributed by atoms with Gasteiger partial charge in [-0.3, -0.25) is 4.79 Å². The van der Waals surface area contributed by atoms with Crippen LogP contribution in [0.25, 0.3) is 10.2 Å². The van der Waals surface area contributed by atoms with E-state index in [1.165, 1.54) is 22.7 Å². The van der Waals surface area contributed by atoms with Gasteiger partial charge in [0, 0.05) is 5.02 Å². The van der Waals surface area contributed by atoms with Crippen molar-refractivity contribution in [1.82, 2.24) is 4.57 Å². The first-order valence-electron chi connectivity index (χ1n) is 6.14. The molecule has 0 unspecified atom stereocenters. The number of carbonyl (C=O) groups is 1. The zero-order valence-electron chi connectivity index (χ0n) is 11.0. The lowest BCUT2D eigenvalue weighted by Crippen LogP contribution is -2.16. The second-order valence-corrected chi connectivity index (χ2v) is 7.10. The van der Waals surface area contributed by atoms with E-state index in [0.717, 1.165) is 10.2 Å². The zero-order valence-corrected chi connectivity index (χ0v) is 14.2. The van der Waals surface area contributed by atoms with Gasteiger partial charge in [0.25, 0.3) is 5.91 Å². The molecule has 110 valence electrons. The first-order valence-corrected chi connectivity index (χ1v) is 8.60. The summed E-state index contributed by atoms with van der Waals surface area (Å²) in [5.41, 5.74) is 0.742. The van der Waals surface area contributed by atoms with E-state index in [1.54, 1.807) is 22.8 Å². The molecular formula is C15H8Cl2N2OS2. The Bertz CT molecular complexity index is 962. The number of terminal acetylenes is 1. The number of thiophene rings is 1. The van der Waals surface area contributed by atoms with Crippen LogP contribution in [0, 0.1) is 12.3 Å². The first kappa shape index (κ1) is 15.3. The Balaban J connectivity index is 2.25. The van der Waals surface area contributed by atoms with Gasteiger partial charge in [-0.1, -0.05) is 46.5 Å². The van der Waals surface area contributed by atoms with Crippen molar-refractivity contribution in [2.75, 3.05) is 0 Å². The molecule has 0 aliphatic carbocycles. The normalized spacial score (nSPS) is 11.8. The van der Waals surface area contributed by atoms with Crippen LogP contribution in [-0.2, 0) is 6.54 Å². The summed E-state index contributed by atoms with van der Waals surface area (Å²) >= 11 is 15.0. The van der Waals surface area contributed by atoms with Crippen LogP contribution in [0.5, 0.6) is 0 Å². The van der Waals surface area contributed by atoms with Crippen LogP contribution < -0.4 is 4.80 Å². The summed E-state index contributed by atoms with van der Waals surface area (Å²) < 4.78 is 2.59. The molecule has 2 aromatic heterocycles. The Morgan fingerprint density at radius 2 is 2.23 bits per heavy atom. The number of carbonyl (C=O) groups excluding carboxylic acids is 1. The van der Waals surface area contributed by atoms with E-state index in [0.29, 0.717) is 19.7 Å². The average Bonchev–Trinajstić information content (AvgIpc) is 3.08. The van der Waals surface area contributed by atoms with E-state index in [2.05, 4.69) is 10.9 Å². The largest absolute Gasteiger partial charge is 0.303 e. The van der Waals surface area contributed by atoms with Gasteiger partial charge >= 0.3 is 0 Å². The van der Waals surface area contributed by atoms with Crippen molar-refractivity contribution in [3.8, 4) is 12.3 Å². The number of hydrogen-bond donors (Lipinski definition) is 0. The molecule has 0 saturated carbocycles. The third-order valence-electron chi connectivity index (χ3n) is 2.87. The summed E-state index contributed by atoms with van der Waals surface area (Å²) in [6.45, 7) is 0.276. The number of rotatable bonds is 2. The van der Waals surface area contributed by atoms with E-state index < -0.39 is 0 Å². The van der Waals surface area contributed by atoms with Crippen LogP contribution in [-0.4, -0.2) is 10.5 Å². The van der Waals surface area contributed by atoms with Crippen molar-refractivity contribution < 1.29 is 4.79 Å². The fourth-order valence-corrected chi connectivity index (χ4v) is 4.41. The molecule has 2 heterocycles. The third kappa shape index (κ3) is 2.83. The number of amides is 1. The molecule has 0 aliphatic heterocycles. The summed E-state index contributed by atoms with van der Waals surface area (Å²) in [7, 11) is 0. The number of fused-ring (bicyclic) bond motifs is 1. The van der Waals surface area contributed by atoms with Gasteiger partial charge < -0.3 is 4.57 Å². The molecule has 0 N–H and O–H groups in total. The van der Waals surface area contributed by atoms with E-state index in [-0.39, 0.29) is 12.5 Å². The second kappa shape index (κ2) is 6.27. The highest BCUT2D eigenvalue weighted by molar-refractivity contribution is 7.16. The Labute approximate surface area is 144 Å². The van der Waals surface area contributed by atoms with E-state index in [4.69, 9.17) is 29.6 Å². The Morgan fingerprint density at radius 3 is 2.91 bits per heavy atom. The lowest BCUT2D eigenvalue weighted by molar-refractivity contribution is 0.100. The number of aromatic nitrogens is 1. The van der Waals surface area contributed by atoms with Gasteiger partial charge in [0.05, 0.1) is 26.7 Å². The molecule has 3 nitrogen and oxygen atoms in total. The van der Waals surface area contributed by atoms with Gasteiger partial charge in [0.15, 0.2) is 4.80 Å². The van der Waals surface area contributed by atoms with Crippen LogP contribution in [0.1, 0.15) is 9.67 Å². The molecule has 0 fully saturated rings. The van der Waals surface area contributed by atoms with Crippen LogP contribution in [0.3, 0.4) is 0 Å². The molecule has 0 spiro atoms. The molecule has 1 aromatic carbocycles. The maximum atomic E-state index is 12.2.